The van der Waals surface area contributed by atoms with E-state index in [-0.39, 0.29) is 11.4 Å². The van der Waals surface area contributed by atoms with Crippen molar-refractivity contribution in [2.45, 2.75) is 19.9 Å². The normalized spacial score (nSPS) is 17.0. The molecule has 1 aliphatic rings. The standard InChI is InChI=1S/C21H22N2O3/c1-13-5-9-17(10-6-13)23-19(18(14(2)24)20(25)21(23)26)15-7-11-16(12-8-15)22(3)4/h5-12,19,25H,1-4H3. The Labute approximate surface area is 153 Å². The molecule has 1 amide bonds. The molecule has 2 aromatic rings. The minimum atomic E-state index is -0.640. The summed E-state index contributed by atoms with van der Waals surface area (Å²) < 4.78 is 0. The van der Waals surface area contributed by atoms with Crippen LogP contribution in [0.3, 0.4) is 0 Å². The molecule has 1 aliphatic heterocycles. The lowest BCUT2D eigenvalue weighted by Crippen LogP contribution is -2.30. The van der Waals surface area contributed by atoms with E-state index in [9.17, 15) is 14.7 Å². The SMILES string of the molecule is CC(=O)C1=C(O)C(=O)N(c2ccc(C)cc2)C1c1ccc(N(C)C)cc1. The maximum atomic E-state index is 12.7. The maximum absolute atomic E-state index is 12.7. The number of ketones is 1. The second-order valence-electron chi connectivity index (χ2n) is 6.72. The Morgan fingerprint density at radius 2 is 1.62 bits per heavy atom. The van der Waals surface area contributed by atoms with Crippen LogP contribution in [-0.2, 0) is 9.59 Å². The third-order valence-electron chi connectivity index (χ3n) is 4.62. The van der Waals surface area contributed by atoms with E-state index in [1.807, 2.05) is 74.4 Å². The van der Waals surface area contributed by atoms with Gasteiger partial charge in [0.05, 0.1) is 11.6 Å². The van der Waals surface area contributed by atoms with Crippen LogP contribution in [0, 0.1) is 6.92 Å². The molecule has 1 atom stereocenters. The highest BCUT2D eigenvalue weighted by Gasteiger charge is 2.43. The molecule has 0 saturated carbocycles. The van der Waals surface area contributed by atoms with Crippen LogP contribution in [0.1, 0.15) is 24.1 Å². The highest BCUT2D eigenvalue weighted by molar-refractivity contribution is 6.16. The molecule has 0 fully saturated rings. The summed E-state index contributed by atoms with van der Waals surface area (Å²) in [6.45, 7) is 3.34. The Morgan fingerprint density at radius 3 is 2.12 bits per heavy atom. The van der Waals surface area contributed by atoms with E-state index < -0.39 is 17.7 Å². The van der Waals surface area contributed by atoms with Gasteiger partial charge in [-0.15, -0.1) is 0 Å². The van der Waals surface area contributed by atoms with Gasteiger partial charge < -0.3 is 10.0 Å². The molecule has 5 nitrogen and oxygen atoms in total. The molecular weight excluding hydrogens is 328 g/mol. The molecule has 2 aromatic carbocycles. The maximum Gasteiger partial charge on any atom is 0.294 e. The number of benzene rings is 2. The first-order chi connectivity index (χ1) is 12.3. The van der Waals surface area contributed by atoms with E-state index in [0.717, 1.165) is 16.8 Å². The van der Waals surface area contributed by atoms with Gasteiger partial charge >= 0.3 is 0 Å². The van der Waals surface area contributed by atoms with E-state index in [1.165, 1.54) is 11.8 Å². The zero-order valence-electron chi connectivity index (χ0n) is 15.4. The van der Waals surface area contributed by atoms with Gasteiger partial charge in [0.2, 0.25) is 0 Å². The van der Waals surface area contributed by atoms with Crippen LogP contribution in [0.4, 0.5) is 11.4 Å². The molecule has 0 spiro atoms. The predicted octanol–water partition coefficient (Wildman–Crippen LogP) is 3.55. The molecule has 26 heavy (non-hydrogen) atoms. The number of rotatable bonds is 4. The Hall–Kier alpha value is -3.08. The van der Waals surface area contributed by atoms with Crippen molar-refractivity contribution in [3.05, 3.63) is 71.0 Å². The summed E-state index contributed by atoms with van der Waals surface area (Å²) in [6, 6.07) is 14.4. The first kappa shape index (κ1) is 17.7. The van der Waals surface area contributed by atoms with Crippen molar-refractivity contribution in [2.75, 3.05) is 23.9 Å². The molecular formula is C21H22N2O3. The van der Waals surface area contributed by atoms with Crippen molar-refractivity contribution in [3.63, 3.8) is 0 Å². The molecule has 0 aromatic heterocycles. The lowest BCUT2D eigenvalue weighted by Gasteiger charge is -2.27. The van der Waals surface area contributed by atoms with Gasteiger partial charge in [-0.25, -0.2) is 0 Å². The fourth-order valence-corrected chi connectivity index (χ4v) is 3.21. The summed E-state index contributed by atoms with van der Waals surface area (Å²) in [4.78, 5) is 28.4. The second-order valence-corrected chi connectivity index (χ2v) is 6.72. The second kappa shape index (κ2) is 6.67. The van der Waals surface area contributed by atoms with E-state index >= 15 is 0 Å². The van der Waals surface area contributed by atoms with Gasteiger partial charge in [-0.05, 0) is 43.7 Å². The molecule has 1 heterocycles. The van der Waals surface area contributed by atoms with Crippen LogP contribution in [0.25, 0.3) is 0 Å². The van der Waals surface area contributed by atoms with Crippen LogP contribution in [0.5, 0.6) is 0 Å². The average Bonchev–Trinajstić information content (AvgIpc) is 2.87. The van der Waals surface area contributed by atoms with Gasteiger partial charge in [0.1, 0.15) is 0 Å². The molecule has 0 aliphatic carbocycles. The smallest absolute Gasteiger partial charge is 0.294 e. The summed E-state index contributed by atoms with van der Waals surface area (Å²) in [5, 5.41) is 10.3. The van der Waals surface area contributed by atoms with Gasteiger partial charge in [0.15, 0.2) is 11.5 Å². The van der Waals surface area contributed by atoms with E-state index in [1.54, 1.807) is 0 Å². The van der Waals surface area contributed by atoms with Gasteiger partial charge in [-0.3, -0.25) is 14.5 Å². The van der Waals surface area contributed by atoms with Crippen molar-refractivity contribution in [1.82, 2.24) is 0 Å². The van der Waals surface area contributed by atoms with Gasteiger partial charge in [-0.2, -0.15) is 0 Å². The molecule has 3 rings (SSSR count). The average molecular weight is 350 g/mol. The van der Waals surface area contributed by atoms with E-state index in [4.69, 9.17) is 0 Å². The monoisotopic (exact) mass is 350 g/mol. The molecule has 0 saturated heterocycles. The number of Topliss-reactive ketones (excluding diaryl/α,β-unsaturated/α-hetero) is 1. The van der Waals surface area contributed by atoms with Crippen molar-refractivity contribution in [1.29, 1.82) is 0 Å². The summed E-state index contributed by atoms with van der Waals surface area (Å²) in [5.74, 6) is -1.34. The van der Waals surface area contributed by atoms with Gasteiger partial charge in [0.25, 0.3) is 5.91 Å². The molecule has 5 heteroatoms. The van der Waals surface area contributed by atoms with Crippen LogP contribution in [0.15, 0.2) is 59.9 Å². The fraction of sp³-hybridized carbons (Fsp3) is 0.238. The largest absolute Gasteiger partial charge is 0.503 e. The quantitative estimate of drug-likeness (QED) is 0.916. The van der Waals surface area contributed by atoms with Gasteiger partial charge in [0, 0.05) is 25.5 Å². The number of anilines is 2. The summed E-state index contributed by atoms with van der Waals surface area (Å²) in [6.07, 6.45) is 0. The Kier molecular flexibility index (Phi) is 4.55. The molecule has 1 N–H and O–H groups in total. The number of hydrogen-bond donors (Lipinski definition) is 1. The first-order valence-corrected chi connectivity index (χ1v) is 8.43. The summed E-state index contributed by atoms with van der Waals surface area (Å²) in [5.41, 5.74) is 3.63. The zero-order valence-corrected chi connectivity index (χ0v) is 15.4. The number of amides is 1. The predicted molar refractivity (Wildman–Crippen MR) is 103 cm³/mol. The minimum absolute atomic E-state index is 0.133. The number of carbonyl (C=O) groups excluding carboxylic acids is 2. The fourth-order valence-electron chi connectivity index (χ4n) is 3.21. The molecule has 1 unspecified atom stereocenters. The van der Waals surface area contributed by atoms with Crippen LogP contribution >= 0.6 is 0 Å². The number of carbonyl (C=O) groups is 2. The summed E-state index contributed by atoms with van der Waals surface area (Å²) in [7, 11) is 3.89. The lowest BCUT2D eigenvalue weighted by atomic mass is 9.96. The summed E-state index contributed by atoms with van der Waals surface area (Å²) >= 11 is 0. The zero-order chi connectivity index (χ0) is 19.0. The molecule has 134 valence electrons. The van der Waals surface area contributed by atoms with Crippen LogP contribution in [0.2, 0.25) is 0 Å². The third-order valence-corrected chi connectivity index (χ3v) is 4.62. The number of aliphatic hydroxyl groups excluding tert-OH is 1. The van der Waals surface area contributed by atoms with Crippen molar-refractivity contribution < 1.29 is 14.7 Å². The van der Waals surface area contributed by atoms with E-state index in [0.29, 0.717) is 5.69 Å². The Morgan fingerprint density at radius 1 is 1.04 bits per heavy atom. The van der Waals surface area contributed by atoms with Crippen molar-refractivity contribution in [2.24, 2.45) is 0 Å². The number of nitrogens with zero attached hydrogens (tertiary/aromatic N) is 2. The minimum Gasteiger partial charge on any atom is -0.503 e. The third kappa shape index (κ3) is 2.96. The molecule has 0 radical (unpaired) electrons. The number of aryl methyl sites for hydroxylation is 1. The van der Waals surface area contributed by atoms with Crippen LogP contribution in [-0.4, -0.2) is 30.9 Å². The highest BCUT2D eigenvalue weighted by atomic mass is 16.3. The number of hydrogen-bond acceptors (Lipinski definition) is 4. The Balaban J connectivity index is 2.12. The Bertz CT molecular complexity index is 880. The van der Waals surface area contributed by atoms with Crippen molar-refractivity contribution >= 4 is 23.1 Å². The highest BCUT2D eigenvalue weighted by Crippen LogP contribution is 2.41. The number of aliphatic hydroxyl groups is 1. The first-order valence-electron chi connectivity index (χ1n) is 8.43. The van der Waals surface area contributed by atoms with Gasteiger partial charge in [-0.1, -0.05) is 29.8 Å². The lowest BCUT2D eigenvalue weighted by molar-refractivity contribution is -0.117. The van der Waals surface area contributed by atoms with Crippen molar-refractivity contribution in [3.8, 4) is 0 Å². The van der Waals surface area contributed by atoms with E-state index in [2.05, 4.69) is 0 Å². The van der Waals surface area contributed by atoms with Crippen LogP contribution < -0.4 is 9.80 Å². The molecule has 0 bridgehead atoms. The topological polar surface area (TPSA) is 60.9 Å².